The molecule has 0 aliphatic carbocycles. The highest BCUT2D eigenvalue weighted by Gasteiger charge is 2.20. The highest BCUT2D eigenvalue weighted by atomic mass is 19.3. The van der Waals surface area contributed by atoms with Gasteiger partial charge >= 0.3 is 6.61 Å². The minimum atomic E-state index is -2.93. The summed E-state index contributed by atoms with van der Waals surface area (Å²) in [5, 5.41) is 10.2. The van der Waals surface area contributed by atoms with E-state index in [0.717, 1.165) is 0 Å². The van der Waals surface area contributed by atoms with Crippen molar-refractivity contribution >= 4 is 0 Å². The highest BCUT2D eigenvalue weighted by molar-refractivity contribution is 5.44. The lowest BCUT2D eigenvalue weighted by molar-refractivity contribution is -0.0514. The predicted octanol–water partition coefficient (Wildman–Crippen LogP) is 3.09. The van der Waals surface area contributed by atoms with Crippen LogP contribution in [0.15, 0.2) is 18.2 Å². The van der Waals surface area contributed by atoms with Gasteiger partial charge in [0.1, 0.15) is 0 Å². The quantitative estimate of drug-likeness (QED) is 0.774. The molecule has 4 nitrogen and oxygen atoms in total. The molecule has 120 valence electrons. The number of aliphatic hydroxyl groups is 1. The third-order valence-corrected chi connectivity index (χ3v) is 2.97. The first-order valence-corrected chi connectivity index (χ1v) is 7.00. The van der Waals surface area contributed by atoms with Gasteiger partial charge in [-0.1, -0.05) is 19.9 Å². The van der Waals surface area contributed by atoms with E-state index in [-0.39, 0.29) is 11.5 Å². The topological polar surface area (TPSA) is 64.7 Å². The molecule has 1 aromatic rings. The molecule has 3 N–H and O–H groups in total. The zero-order valence-corrected chi connectivity index (χ0v) is 12.6. The van der Waals surface area contributed by atoms with Gasteiger partial charge in [0.2, 0.25) is 0 Å². The van der Waals surface area contributed by atoms with Crippen molar-refractivity contribution in [2.45, 2.75) is 45.9 Å². The molecule has 0 spiro atoms. The largest absolute Gasteiger partial charge is 0.490 e. The fourth-order valence-corrected chi connectivity index (χ4v) is 2.09. The van der Waals surface area contributed by atoms with Crippen LogP contribution in [-0.2, 0) is 0 Å². The summed E-state index contributed by atoms with van der Waals surface area (Å²) in [6.45, 7) is 3.13. The first kappa shape index (κ1) is 17.7. The molecule has 0 radical (unpaired) electrons. The molecule has 0 bridgehead atoms. The van der Waals surface area contributed by atoms with Crippen LogP contribution in [0.25, 0.3) is 0 Å². The van der Waals surface area contributed by atoms with Crippen LogP contribution in [0, 0.1) is 5.92 Å². The summed E-state index contributed by atoms with van der Waals surface area (Å²) in [6, 6.07) is 3.94. The molecule has 0 aliphatic heterocycles. The smallest absolute Gasteiger partial charge is 0.387 e. The van der Waals surface area contributed by atoms with E-state index in [0.29, 0.717) is 24.5 Å². The minimum absolute atomic E-state index is 0.0553. The van der Waals surface area contributed by atoms with E-state index >= 15 is 0 Å². The molecule has 1 aromatic carbocycles. The fraction of sp³-hybridized carbons (Fsp3) is 0.600. The van der Waals surface area contributed by atoms with Crippen LogP contribution < -0.4 is 15.2 Å². The second kappa shape index (κ2) is 8.14. The van der Waals surface area contributed by atoms with E-state index in [9.17, 15) is 13.9 Å². The zero-order valence-electron chi connectivity index (χ0n) is 12.6. The summed E-state index contributed by atoms with van der Waals surface area (Å²) in [7, 11) is 0. The molecule has 2 atom stereocenters. The third kappa shape index (κ3) is 5.47. The lowest BCUT2D eigenvalue weighted by Crippen LogP contribution is -2.29. The Kier molecular flexibility index (Phi) is 6.84. The van der Waals surface area contributed by atoms with Crippen molar-refractivity contribution in [3.63, 3.8) is 0 Å². The molecule has 21 heavy (non-hydrogen) atoms. The standard InChI is InChI=1S/C15H23F2NO3/c1-4-20-13-8-10(5-6-12(13)21-15(16)17)14(19)11(18)7-9(2)3/h5-6,8-9,11,14-15,19H,4,7,18H2,1-3H3. The summed E-state index contributed by atoms with van der Waals surface area (Å²) in [4.78, 5) is 0. The lowest BCUT2D eigenvalue weighted by atomic mass is 9.95. The molecule has 0 amide bonds. The van der Waals surface area contributed by atoms with E-state index in [1.807, 2.05) is 13.8 Å². The van der Waals surface area contributed by atoms with Gasteiger partial charge in [0.05, 0.1) is 12.7 Å². The molecule has 0 saturated carbocycles. The molecule has 1 rings (SSSR count). The van der Waals surface area contributed by atoms with Crippen LogP contribution in [0.4, 0.5) is 8.78 Å². The second-order valence-electron chi connectivity index (χ2n) is 5.26. The number of nitrogens with two attached hydrogens (primary N) is 1. The molecule has 0 aromatic heterocycles. The minimum Gasteiger partial charge on any atom is -0.490 e. The monoisotopic (exact) mass is 303 g/mol. The molecule has 0 aliphatic rings. The summed E-state index contributed by atoms with van der Waals surface area (Å²) in [6.07, 6.45) is -0.229. The van der Waals surface area contributed by atoms with Gasteiger partial charge in [0, 0.05) is 6.04 Å². The van der Waals surface area contributed by atoms with Gasteiger partial charge < -0.3 is 20.3 Å². The SMILES string of the molecule is CCOc1cc(C(O)C(N)CC(C)C)ccc1OC(F)F. The summed E-state index contributed by atoms with van der Waals surface area (Å²) < 4.78 is 34.3. The van der Waals surface area contributed by atoms with Gasteiger partial charge in [-0.15, -0.1) is 0 Å². The van der Waals surface area contributed by atoms with Crippen molar-refractivity contribution in [3.05, 3.63) is 23.8 Å². The van der Waals surface area contributed by atoms with Crippen molar-refractivity contribution in [2.24, 2.45) is 11.7 Å². The maximum Gasteiger partial charge on any atom is 0.387 e. The first-order valence-electron chi connectivity index (χ1n) is 7.00. The Labute approximate surface area is 123 Å². The number of rotatable bonds is 8. The van der Waals surface area contributed by atoms with Gasteiger partial charge in [-0.3, -0.25) is 0 Å². The van der Waals surface area contributed by atoms with Gasteiger partial charge in [0.15, 0.2) is 11.5 Å². The number of ether oxygens (including phenoxy) is 2. The Morgan fingerprint density at radius 3 is 2.43 bits per heavy atom. The fourth-order valence-electron chi connectivity index (χ4n) is 2.09. The van der Waals surface area contributed by atoms with Gasteiger partial charge in [0.25, 0.3) is 0 Å². The number of alkyl halides is 2. The molecule has 0 fully saturated rings. The second-order valence-corrected chi connectivity index (χ2v) is 5.26. The number of benzene rings is 1. The molecular weight excluding hydrogens is 280 g/mol. The maximum absolute atomic E-state index is 12.3. The Morgan fingerprint density at radius 1 is 1.24 bits per heavy atom. The highest BCUT2D eigenvalue weighted by Crippen LogP contribution is 2.33. The summed E-state index contributed by atoms with van der Waals surface area (Å²) >= 11 is 0. The van der Waals surface area contributed by atoms with E-state index in [1.165, 1.54) is 18.2 Å². The Balaban J connectivity index is 2.95. The maximum atomic E-state index is 12.3. The number of hydrogen-bond acceptors (Lipinski definition) is 4. The Hall–Kier alpha value is -1.40. The van der Waals surface area contributed by atoms with Crippen LogP contribution in [0.5, 0.6) is 11.5 Å². The van der Waals surface area contributed by atoms with Crippen molar-refractivity contribution in [1.82, 2.24) is 0 Å². The van der Waals surface area contributed by atoms with Crippen molar-refractivity contribution in [2.75, 3.05) is 6.61 Å². The predicted molar refractivity (Wildman–Crippen MR) is 76.6 cm³/mol. The Morgan fingerprint density at radius 2 is 1.90 bits per heavy atom. The lowest BCUT2D eigenvalue weighted by Gasteiger charge is -2.22. The number of halogens is 2. The number of hydrogen-bond donors (Lipinski definition) is 2. The van der Waals surface area contributed by atoms with Gasteiger partial charge in [-0.05, 0) is 37.0 Å². The van der Waals surface area contributed by atoms with E-state index in [1.54, 1.807) is 6.92 Å². The van der Waals surface area contributed by atoms with Crippen LogP contribution in [0.2, 0.25) is 0 Å². The summed E-state index contributed by atoms with van der Waals surface area (Å²) in [5.41, 5.74) is 6.47. The molecular formula is C15H23F2NO3. The van der Waals surface area contributed by atoms with Crippen LogP contribution in [0.1, 0.15) is 38.9 Å². The van der Waals surface area contributed by atoms with Crippen LogP contribution in [0.3, 0.4) is 0 Å². The molecule has 6 heteroatoms. The number of aliphatic hydroxyl groups excluding tert-OH is 1. The average molecular weight is 303 g/mol. The van der Waals surface area contributed by atoms with Crippen LogP contribution >= 0.6 is 0 Å². The van der Waals surface area contributed by atoms with Gasteiger partial charge in [-0.25, -0.2) is 0 Å². The van der Waals surface area contributed by atoms with E-state index in [4.69, 9.17) is 10.5 Å². The first-order chi connectivity index (χ1) is 9.85. The Bertz CT molecular complexity index is 441. The van der Waals surface area contributed by atoms with Crippen LogP contribution in [-0.4, -0.2) is 24.4 Å². The molecule has 0 heterocycles. The van der Waals surface area contributed by atoms with Crippen molar-refractivity contribution in [1.29, 1.82) is 0 Å². The van der Waals surface area contributed by atoms with Crippen molar-refractivity contribution in [3.8, 4) is 11.5 Å². The van der Waals surface area contributed by atoms with Crippen molar-refractivity contribution < 1.29 is 23.4 Å². The zero-order chi connectivity index (χ0) is 16.0. The van der Waals surface area contributed by atoms with E-state index in [2.05, 4.69) is 4.74 Å². The summed E-state index contributed by atoms with van der Waals surface area (Å²) in [5.74, 6) is 0.466. The van der Waals surface area contributed by atoms with Gasteiger partial charge in [-0.2, -0.15) is 8.78 Å². The molecule has 2 unspecified atom stereocenters. The van der Waals surface area contributed by atoms with E-state index < -0.39 is 18.8 Å². The third-order valence-electron chi connectivity index (χ3n) is 2.97. The normalized spacial score (nSPS) is 14.3. The molecule has 0 saturated heterocycles. The average Bonchev–Trinajstić information content (AvgIpc) is 2.38.